The number of carbonyl (C=O) groups excluding carboxylic acids is 1. The molecular formula is C23H26N4O. The predicted octanol–water partition coefficient (Wildman–Crippen LogP) is 5.20. The smallest absolute Gasteiger partial charge is 0.275 e. The van der Waals surface area contributed by atoms with Crippen molar-refractivity contribution in [3.8, 4) is 0 Å². The van der Waals surface area contributed by atoms with Gasteiger partial charge in [-0.1, -0.05) is 69.3 Å². The lowest BCUT2D eigenvalue weighted by atomic mass is 9.86. The zero-order valence-corrected chi connectivity index (χ0v) is 16.7. The Bertz CT molecular complexity index is 931. The molecule has 0 fully saturated rings. The second-order valence-electron chi connectivity index (χ2n) is 7.81. The predicted molar refractivity (Wildman–Crippen MR) is 114 cm³/mol. The van der Waals surface area contributed by atoms with Gasteiger partial charge in [0.1, 0.15) is 11.5 Å². The number of amides is 1. The van der Waals surface area contributed by atoms with Crippen LogP contribution in [0.4, 0.5) is 11.5 Å². The molecule has 144 valence electrons. The monoisotopic (exact) mass is 374 g/mol. The maximum Gasteiger partial charge on any atom is 0.275 e. The molecule has 5 heteroatoms. The highest BCUT2D eigenvalue weighted by molar-refractivity contribution is 6.03. The molecule has 1 heterocycles. The molecular weight excluding hydrogens is 348 g/mol. The molecule has 0 bridgehead atoms. The van der Waals surface area contributed by atoms with Gasteiger partial charge in [-0.3, -0.25) is 4.79 Å². The summed E-state index contributed by atoms with van der Waals surface area (Å²) in [6.45, 7) is 8.41. The van der Waals surface area contributed by atoms with Crippen molar-refractivity contribution in [1.82, 2.24) is 9.97 Å². The Hall–Kier alpha value is -3.21. The van der Waals surface area contributed by atoms with E-state index < -0.39 is 0 Å². The van der Waals surface area contributed by atoms with Crippen molar-refractivity contribution in [3.63, 3.8) is 0 Å². The zero-order chi connectivity index (χ0) is 20.1. The third-order valence-corrected chi connectivity index (χ3v) is 4.53. The molecule has 1 atom stereocenters. The number of nitrogens with one attached hydrogen (secondary N) is 2. The Kier molecular flexibility index (Phi) is 5.73. The van der Waals surface area contributed by atoms with E-state index in [0.29, 0.717) is 5.82 Å². The van der Waals surface area contributed by atoms with Gasteiger partial charge in [-0.15, -0.1) is 0 Å². The molecule has 2 aromatic carbocycles. The third kappa shape index (κ3) is 4.74. The first-order valence-electron chi connectivity index (χ1n) is 9.39. The first-order valence-corrected chi connectivity index (χ1v) is 9.39. The zero-order valence-electron chi connectivity index (χ0n) is 16.7. The standard InChI is InChI=1S/C23H26N4O/c1-16(17-10-6-5-7-11-17)26-21-15-24-20(14-25-21)22(28)27-19-13-9-8-12-18(19)23(2,3)4/h5-16H,1-4H3,(H,25,26)(H,27,28). The van der Waals surface area contributed by atoms with Crippen LogP contribution in [0.3, 0.4) is 0 Å². The van der Waals surface area contributed by atoms with Crippen molar-refractivity contribution >= 4 is 17.4 Å². The van der Waals surface area contributed by atoms with Crippen LogP contribution in [-0.4, -0.2) is 15.9 Å². The molecule has 1 aromatic heterocycles. The molecule has 0 spiro atoms. The number of para-hydroxylation sites is 1. The first-order chi connectivity index (χ1) is 13.3. The highest BCUT2D eigenvalue weighted by Crippen LogP contribution is 2.29. The van der Waals surface area contributed by atoms with Crippen molar-refractivity contribution in [1.29, 1.82) is 0 Å². The topological polar surface area (TPSA) is 66.9 Å². The molecule has 0 radical (unpaired) electrons. The fourth-order valence-electron chi connectivity index (χ4n) is 3.00. The highest BCUT2D eigenvalue weighted by atomic mass is 16.1. The Labute approximate surface area is 166 Å². The van der Waals surface area contributed by atoms with Crippen LogP contribution in [0.5, 0.6) is 0 Å². The first kappa shape index (κ1) is 19.5. The van der Waals surface area contributed by atoms with E-state index in [9.17, 15) is 4.79 Å². The summed E-state index contributed by atoms with van der Waals surface area (Å²) in [6, 6.07) is 18.0. The maximum absolute atomic E-state index is 12.6. The third-order valence-electron chi connectivity index (χ3n) is 4.53. The summed E-state index contributed by atoms with van der Waals surface area (Å²) < 4.78 is 0. The van der Waals surface area contributed by atoms with Gasteiger partial charge in [0.15, 0.2) is 0 Å². The number of hydrogen-bond acceptors (Lipinski definition) is 4. The van der Waals surface area contributed by atoms with Gasteiger partial charge >= 0.3 is 0 Å². The summed E-state index contributed by atoms with van der Waals surface area (Å²) in [6.07, 6.45) is 3.08. The number of rotatable bonds is 5. The minimum absolute atomic E-state index is 0.0725. The summed E-state index contributed by atoms with van der Waals surface area (Å²) >= 11 is 0. The van der Waals surface area contributed by atoms with Gasteiger partial charge in [0.25, 0.3) is 5.91 Å². The summed E-state index contributed by atoms with van der Waals surface area (Å²) in [7, 11) is 0. The number of aromatic nitrogens is 2. The van der Waals surface area contributed by atoms with Crippen molar-refractivity contribution in [2.75, 3.05) is 10.6 Å². The van der Waals surface area contributed by atoms with Crippen molar-refractivity contribution in [2.24, 2.45) is 0 Å². The fourth-order valence-corrected chi connectivity index (χ4v) is 3.00. The summed E-state index contributed by atoms with van der Waals surface area (Å²) in [5.41, 5.74) is 3.23. The van der Waals surface area contributed by atoms with E-state index in [1.54, 1.807) is 6.20 Å². The Balaban J connectivity index is 1.69. The van der Waals surface area contributed by atoms with Crippen molar-refractivity contribution in [2.45, 2.75) is 39.2 Å². The molecule has 0 saturated heterocycles. The Morgan fingerprint density at radius 3 is 2.25 bits per heavy atom. The number of nitrogens with zero attached hydrogens (tertiary/aromatic N) is 2. The normalized spacial score (nSPS) is 12.3. The van der Waals surface area contributed by atoms with E-state index in [1.165, 1.54) is 6.20 Å². The second kappa shape index (κ2) is 8.21. The quantitative estimate of drug-likeness (QED) is 0.644. The van der Waals surface area contributed by atoms with Gasteiger partial charge in [0, 0.05) is 11.7 Å². The second-order valence-corrected chi connectivity index (χ2v) is 7.81. The molecule has 0 saturated carbocycles. The van der Waals surface area contributed by atoms with Gasteiger partial charge in [0.05, 0.1) is 12.4 Å². The van der Waals surface area contributed by atoms with Crippen LogP contribution in [0.25, 0.3) is 0 Å². The van der Waals surface area contributed by atoms with E-state index in [1.807, 2.05) is 42.5 Å². The number of anilines is 2. The number of hydrogen-bond donors (Lipinski definition) is 2. The van der Waals surface area contributed by atoms with E-state index in [2.05, 4.69) is 60.4 Å². The van der Waals surface area contributed by atoms with Gasteiger partial charge < -0.3 is 10.6 Å². The lowest BCUT2D eigenvalue weighted by Crippen LogP contribution is -2.19. The van der Waals surface area contributed by atoms with E-state index in [-0.39, 0.29) is 23.1 Å². The number of benzene rings is 2. The van der Waals surface area contributed by atoms with Crippen LogP contribution in [0.2, 0.25) is 0 Å². The maximum atomic E-state index is 12.6. The minimum Gasteiger partial charge on any atom is -0.362 e. The molecule has 2 N–H and O–H groups in total. The van der Waals surface area contributed by atoms with Crippen LogP contribution in [0, 0.1) is 0 Å². The fraction of sp³-hybridized carbons (Fsp3) is 0.261. The van der Waals surface area contributed by atoms with Crippen LogP contribution < -0.4 is 10.6 Å². The van der Waals surface area contributed by atoms with E-state index in [0.717, 1.165) is 16.8 Å². The summed E-state index contributed by atoms with van der Waals surface area (Å²) in [4.78, 5) is 21.2. The van der Waals surface area contributed by atoms with Crippen LogP contribution in [0.1, 0.15) is 55.4 Å². The largest absolute Gasteiger partial charge is 0.362 e. The highest BCUT2D eigenvalue weighted by Gasteiger charge is 2.19. The van der Waals surface area contributed by atoms with Crippen molar-refractivity contribution < 1.29 is 4.79 Å². The van der Waals surface area contributed by atoms with Gasteiger partial charge in [-0.05, 0) is 29.5 Å². The van der Waals surface area contributed by atoms with Gasteiger partial charge in [0.2, 0.25) is 0 Å². The van der Waals surface area contributed by atoms with Gasteiger partial charge in [-0.2, -0.15) is 0 Å². The van der Waals surface area contributed by atoms with Crippen molar-refractivity contribution in [3.05, 3.63) is 83.8 Å². The molecule has 0 aliphatic carbocycles. The molecule has 3 rings (SSSR count). The van der Waals surface area contributed by atoms with Crippen LogP contribution >= 0.6 is 0 Å². The van der Waals surface area contributed by atoms with Crippen LogP contribution in [-0.2, 0) is 5.41 Å². The lowest BCUT2D eigenvalue weighted by Gasteiger charge is -2.22. The molecule has 1 unspecified atom stereocenters. The molecule has 0 aliphatic rings. The van der Waals surface area contributed by atoms with Crippen LogP contribution in [0.15, 0.2) is 67.0 Å². The molecule has 0 aliphatic heterocycles. The average Bonchev–Trinajstić information content (AvgIpc) is 2.69. The van der Waals surface area contributed by atoms with Gasteiger partial charge in [-0.25, -0.2) is 9.97 Å². The summed E-state index contributed by atoms with van der Waals surface area (Å²) in [5.74, 6) is 0.356. The summed E-state index contributed by atoms with van der Waals surface area (Å²) in [5, 5.41) is 6.26. The lowest BCUT2D eigenvalue weighted by molar-refractivity contribution is 0.102. The molecule has 5 nitrogen and oxygen atoms in total. The Morgan fingerprint density at radius 1 is 0.929 bits per heavy atom. The van der Waals surface area contributed by atoms with E-state index in [4.69, 9.17) is 0 Å². The minimum atomic E-state index is -0.271. The molecule has 28 heavy (non-hydrogen) atoms. The molecule has 3 aromatic rings. The molecule has 1 amide bonds. The Morgan fingerprint density at radius 2 is 1.61 bits per heavy atom. The van der Waals surface area contributed by atoms with E-state index >= 15 is 0 Å². The SMILES string of the molecule is CC(Nc1cnc(C(=O)Nc2ccccc2C(C)(C)C)cn1)c1ccccc1. The average molecular weight is 374 g/mol. The number of carbonyl (C=O) groups is 1.